The van der Waals surface area contributed by atoms with E-state index in [1.165, 1.54) is 21.7 Å². The van der Waals surface area contributed by atoms with Gasteiger partial charge in [0.1, 0.15) is 4.21 Å². The van der Waals surface area contributed by atoms with E-state index in [4.69, 9.17) is 9.47 Å². The van der Waals surface area contributed by atoms with Gasteiger partial charge in [-0.25, -0.2) is 8.42 Å². The normalized spacial score (nSPS) is 15.5. The number of hydrogen-bond acceptors (Lipinski definition) is 6. The number of sulfonamides is 1. The number of amides is 1. The Balaban J connectivity index is 1.59. The van der Waals surface area contributed by atoms with Gasteiger partial charge >= 0.3 is 0 Å². The Bertz CT molecular complexity index is 1070. The van der Waals surface area contributed by atoms with Gasteiger partial charge in [0.15, 0.2) is 11.5 Å². The zero-order chi connectivity index (χ0) is 23.3. The van der Waals surface area contributed by atoms with Crippen molar-refractivity contribution < 1.29 is 22.7 Å². The smallest absolute Gasteiger partial charge is 0.252 e. The van der Waals surface area contributed by atoms with E-state index in [2.05, 4.69) is 13.8 Å². The fourth-order valence-corrected chi connectivity index (χ4v) is 6.12. The fraction of sp³-hybridized carbons (Fsp3) is 0.435. The van der Waals surface area contributed by atoms with Crippen LogP contribution >= 0.6 is 11.3 Å². The summed E-state index contributed by atoms with van der Waals surface area (Å²) < 4.78 is 38.5. The molecule has 2 heterocycles. The van der Waals surface area contributed by atoms with Crippen molar-refractivity contribution in [2.24, 2.45) is 5.92 Å². The van der Waals surface area contributed by atoms with Crippen molar-refractivity contribution in [2.45, 2.75) is 25.0 Å². The third-order valence-electron chi connectivity index (χ3n) is 5.04. The van der Waals surface area contributed by atoms with Gasteiger partial charge in [-0.3, -0.25) is 4.79 Å². The number of ether oxygens (including phenoxy) is 2. The maximum absolute atomic E-state index is 12.8. The number of nitrogens with zero attached hydrogens (tertiary/aromatic N) is 2. The molecule has 0 N–H and O–H groups in total. The Labute approximate surface area is 194 Å². The second-order valence-corrected chi connectivity index (χ2v) is 11.5. The minimum absolute atomic E-state index is 0.145. The number of thiophene rings is 1. The quantitative estimate of drug-likeness (QED) is 0.542. The van der Waals surface area contributed by atoms with Crippen LogP contribution in [0.5, 0.6) is 11.5 Å². The first kappa shape index (κ1) is 24.3. The van der Waals surface area contributed by atoms with Gasteiger partial charge in [-0.15, -0.1) is 11.3 Å². The molecule has 0 spiro atoms. The highest BCUT2D eigenvalue weighted by atomic mass is 32.2. The zero-order valence-electron chi connectivity index (χ0n) is 18.9. The van der Waals surface area contributed by atoms with Crippen LogP contribution in [-0.4, -0.2) is 63.4 Å². The number of hydrogen-bond donors (Lipinski definition) is 0. The van der Waals surface area contributed by atoms with Gasteiger partial charge in [0, 0.05) is 37.1 Å². The first-order valence-corrected chi connectivity index (χ1v) is 12.8. The number of rotatable bonds is 8. The van der Waals surface area contributed by atoms with E-state index in [1.54, 1.807) is 30.2 Å². The van der Waals surface area contributed by atoms with Gasteiger partial charge in [-0.2, -0.15) is 4.31 Å². The van der Waals surface area contributed by atoms with E-state index in [0.29, 0.717) is 41.3 Å². The average Bonchev–Trinajstić information content (AvgIpc) is 3.23. The minimum atomic E-state index is -3.50. The Morgan fingerprint density at radius 2 is 1.84 bits per heavy atom. The van der Waals surface area contributed by atoms with Gasteiger partial charge in [0.2, 0.25) is 5.91 Å². The van der Waals surface area contributed by atoms with E-state index >= 15 is 0 Å². The molecule has 0 bridgehead atoms. The lowest BCUT2D eigenvalue weighted by atomic mass is 10.1. The molecule has 1 aliphatic heterocycles. The monoisotopic (exact) mass is 478 g/mol. The third kappa shape index (κ3) is 5.90. The number of methoxy groups -OCH3 is 1. The minimum Gasteiger partial charge on any atom is -0.493 e. The number of carbonyl (C=O) groups is 1. The second-order valence-electron chi connectivity index (χ2n) is 8.04. The van der Waals surface area contributed by atoms with Gasteiger partial charge in [0.05, 0.1) is 13.7 Å². The maximum Gasteiger partial charge on any atom is 0.252 e. The summed E-state index contributed by atoms with van der Waals surface area (Å²) in [5.74, 6) is 1.54. The summed E-state index contributed by atoms with van der Waals surface area (Å²) in [5.41, 5.74) is 0.821. The molecular formula is C23H30N2O5S2. The lowest BCUT2D eigenvalue weighted by molar-refractivity contribution is -0.127. The zero-order valence-corrected chi connectivity index (χ0v) is 20.5. The summed E-state index contributed by atoms with van der Waals surface area (Å²) in [4.78, 5) is 15.2. The van der Waals surface area contributed by atoms with Crippen molar-refractivity contribution in [1.82, 2.24) is 9.21 Å². The van der Waals surface area contributed by atoms with Crippen LogP contribution in [0, 0.1) is 12.8 Å². The molecule has 32 heavy (non-hydrogen) atoms. The highest BCUT2D eigenvalue weighted by Gasteiger charge is 2.30. The second kappa shape index (κ2) is 10.5. The van der Waals surface area contributed by atoms with Crippen LogP contribution < -0.4 is 9.47 Å². The maximum atomic E-state index is 12.8. The molecule has 1 aromatic heterocycles. The van der Waals surface area contributed by atoms with Crippen LogP contribution in [-0.2, 0) is 14.8 Å². The highest BCUT2D eigenvalue weighted by molar-refractivity contribution is 7.91. The van der Waals surface area contributed by atoms with Crippen LogP contribution in [0.15, 0.2) is 40.6 Å². The molecule has 7 nitrogen and oxygen atoms in total. The van der Waals surface area contributed by atoms with Crippen molar-refractivity contribution in [2.75, 3.05) is 39.9 Å². The van der Waals surface area contributed by atoms with E-state index in [0.717, 1.165) is 10.4 Å². The predicted octanol–water partition coefficient (Wildman–Crippen LogP) is 3.65. The van der Waals surface area contributed by atoms with Crippen molar-refractivity contribution in [1.29, 1.82) is 0 Å². The molecule has 0 atom stereocenters. The van der Waals surface area contributed by atoms with Crippen molar-refractivity contribution in [3.05, 3.63) is 46.8 Å². The Morgan fingerprint density at radius 3 is 2.44 bits per heavy atom. The van der Waals surface area contributed by atoms with Gasteiger partial charge in [-0.1, -0.05) is 19.9 Å². The summed E-state index contributed by atoms with van der Waals surface area (Å²) >= 11 is 1.27. The topological polar surface area (TPSA) is 76.2 Å². The molecule has 0 unspecified atom stereocenters. The van der Waals surface area contributed by atoms with Crippen molar-refractivity contribution >= 4 is 33.3 Å². The first-order valence-electron chi connectivity index (χ1n) is 10.5. The molecule has 9 heteroatoms. The summed E-state index contributed by atoms with van der Waals surface area (Å²) in [6, 6.07) is 8.98. The molecule has 2 aromatic rings. The Morgan fingerprint density at radius 1 is 1.12 bits per heavy atom. The lowest BCUT2D eigenvalue weighted by Gasteiger charge is -2.33. The van der Waals surface area contributed by atoms with Crippen LogP contribution in [0.4, 0.5) is 0 Å². The predicted molar refractivity (Wildman–Crippen MR) is 127 cm³/mol. The summed E-state index contributed by atoms with van der Waals surface area (Å²) in [6.45, 7) is 7.92. The number of benzene rings is 1. The highest BCUT2D eigenvalue weighted by Crippen LogP contribution is 2.29. The molecule has 1 saturated heterocycles. The molecule has 0 aliphatic carbocycles. The van der Waals surface area contributed by atoms with Crippen LogP contribution in [0.3, 0.4) is 0 Å². The number of aryl methyl sites for hydroxylation is 1. The van der Waals surface area contributed by atoms with Crippen molar-refractivity contribution in [3.63, 3.8) is 0 Å². The Kier molecular flexibility index (Phi) is 7.97. The standard InChI is InChI=1S/C23H30N2O5S2/c1-17(2)16-30-20-8-6-19(15-21(20)29-4)7-9-22(26)24-11-13-25(14-12-24)32(27,28)23-10-5-18(3)31-23/h5-10,15,17H,11-14,16H2,1-4H3/b9-7+. The molecule has 1 aliphatic rings. The molecule has 0 saturated carbocycles. The van der Waals surface area contributed by atoms with Crippen LogP contribution in [0.2, 0.25) is 0 Å². The van der Waals surface area contributed by atoms with E-state index < -0.39 is 10.0 Å². The Hall–Kier alpha value is -2.36. The van der Waals surface area contributed by atoms with E-state index in [9.17, 15) is 13.2 Å². The number of piperazine rings is 1. The SMILES string of the molecule is COc1cc(/C=C/C(=O)N2CCN(S(=O)(=O)c3ccc(C)s3)CC2)ccc1OCC(C)C. The largest absolute Gasteiger partial charge is 0.493 e. The van der Waals surface area contributed by atoms with Crippen LogP contribution in [0.25, 0.3) is 6.08 Å². The summed E-state index contributed by atoms with van der Waals surface area (Å²) in [5, 5.41) is 0. The summed E-state index contributed by atoms with van der Waals surface area (Å²) in [7, 11) is -1.91. The lowest BCUT2D eigenvalue weighted by Crippen LogP contribution is -2.50. The van der Waals surface area contributed by atoms with Crippen molar-refractivity contribution in [3.8, 4) is 11.5 Å². The van der Waals surface area contributed by atoms with Crippen LogP contribution in [0.1, 0.15) is 24.3 Å². The van der Waals surface area contributed by atoms with Gasteiger partial charge in [0.25, 0.3) is 10.0 Å². The van der Waals surface area contributed by atoms with E-state index in [1.807, 2.05) is 25.1 Å². The van der Waals surface area contributed by atoms with Gasteiger partial charge < -0.3 is 14.4 Å². The van der Waals surface area contributed by atoms with E-state index in [-0.39, 0.29) is 19.0 Å². The molecule has 1 fully saturated rings. The molecule has 174 valence electrons. The fourth-order valence-electron chi connectivity index (χ4n) is 3.26. The summed E-state index contributed by atoms with van der Waals surface area (Å²) in [6.07, 6.45) is 3.24. The number of carbonyl (C=O) groups excluding carboxylic acids is 1. The average molecular weight is 479 g/mol. The molecule has 0 radical (unpaired) electrons. The molecular weight excluding hydrogens is 448 g/mol. The molecule has 1 amide bonds. The van der Waals surface area contributed by atoms with Gasteiger partial charge in [-0.05, 0) is 48.7 Å². The third-order valence-corrected chi connectivity index (χ3v) is 8.41. The first-order chi connectivity index (χ1) is 15.2. The molecule has 1 aromatic carbocycles. The molecule has 3 rings (SSSR count).